The number of rotatable bonds is 7. The van der Waals surface area contributed by atoms with E-state index in [2.05, 4.69) is 13.0 Å². The lowest BCUT2D eigenvalue weighted by Crippen LogP contribution is -2.20. The molecule has 2 unspecified atom stereocenters. The van der Waals surface area contributed by atoms with Gasteiger partial charge in [0.05, 0.1) is 0 Å². The van der Waals surface area contributed by atoms with Crippen LogP contribution in [0.5, 0.6) is 0 Å². The summed E-state index contributed by atoms with van der Waals surface area (Å²) in [5.41, 5.74) is 5.52. The van der Waals surface area contributed by atoms with E-state index in [4.69, 9.17) is 10.8 Å². The molecule has 0 rings (SSSR count). The molecule has 0 aliphatic rings. The maximum Gasteiger partial charge on any atom is 0.303 e. The lowest BCUT2D eigenvalue weighted by atomic mass is 9.91. The van der Waals surface area contributed by atoms with Crippen molar-refractivity contribution in [2.24, 2.45) is 17.6 Å². The van der Waals surface area contributed by atoms with E-state index in [0.717, 1.165) is 12.8 Å². The fourth-order valence-corrected chi connectivity index (χ4v) is 1.54. The van der Waals surface area contributed by atoms with Crippen molar-refractivity contribution in [2.75, 3.05) is 6.54 Å². The monoisotopic (exact) mass is 199 g/mol. The van der Waals surface area contributed by atoms with E-state index in [1.807, 2.05) is 13.0 Å². The molecule has 0 aliphatic carbocycles. The number of aliphatic carboxylic acids is 1. The molecule has 3 nitrogen and oxygen atoms in total. The van der Waals surface area contributed by atoms with Crippen LogP contribution >= 0.6 is 0 Å². The Hall–Kier alpha value is -0.830. The molecule has 0 radical (unpaired) electrons. The third-order valence-corrected chi connectivity index (χ3v) is 2.31. The van der Waals surface area contributed by atoms with Crippen LogP contribution in [0.4, 0.5) is 0 Å². The molecule has 0 aromatic heterocycles. The third-order valence-electron chi connectivity index (χ3n) is 2.31. The van der Waals surface area contributed by atoms with Gasteiger partial charge in [0.1, 0.15) is 0 Å². The Bertz CT molecular complexity index is 190. The fourth-order valence-electron chi connectivity index (χ4n) is 1.54. The lowest BCUT2D eigenvalue weighted by Gasteiger charge is -2.16. The first-order valence-electron chi connectivity index (χ1n) is 5.13. The average molecular weight is 199 g/mol. The van der Waals surface area contributed by atoms with Crippen molar-refractivity contribution >= 4 is 5.97 Å². The summed E-state index contributed by atoms with van der Waals surface area (Å²) in [5.74, 6) is -0.120. The quantitative estimate of drug-likeness (QED) is 0.617. The zero-order valence-electron chi connectivity index (χ0n) is 9.07. The summed E-state index contributed by atoms with van der Waals surface area (Å²) >= 11 is 0. The summed E-state index contributed by atoms with van der Waals surface area (Å²) in [6.07, 6.45) is 6.22. The SMILES string of the molecule is CC=CCC(C)CC(CN)CC(=O)O. The Kier molecular flexibility index (Phi) is 7.11. The predicted octanol–water partition coefficient (Wildman–Crippen LogP) is 2.03. The van der Waals surface area contributed by atoms with Gasteiger partial charge in [0.2, 0.25) is 0 Å². The molecule has 0 spiro atoms. The Morgan fingerprint density at radius 1 is 1.57 bits per heavy atom. The Balaban J connectivity index is 3.85. The van der Waals surface area contributed by atoms with E-state index >= 15 is 0 Å². The van der Waals surface area contributed by atoms with Gasteiger partial charge in [-0.1, -0.05) is 19.1 Å². The van der Waals surface area contributed by atoms with E-state index in [0.29, 0.717) is 12.5 Å². The summed E-state index contributed by atoms with van der Waals surface area (Å²) < 4.78 is 0. The van der Waals surface area contributed by atoms with Gasteiger partial charge in [0.25, 0.3) is 0 Å². The summed E-state index contributed by atoms with van der Waals surface area (Å²) in [6, 6.07) is 0. The van der Waals surface area contributed by atoms with Gasteiger partial charge in [0, 0.05) is 6.42 Å². The molecule has 0 aliphatic heterocycles. The van der Waals surface area contributed by atoms with E-state index in [9.17, 15) is 4.79 Å². The highest BCUT2D eigenvalue weighted by molar-refractivity contribution is 5.67. The first kappa shape index (κ1) is 13.2. The second kappa shape index (κ2) is 7.56. The van der Waals surface area contributed by atoms with Crippen molar-refractivity contribution in [3.63, 3.8) is 0 Å². The highest BCUT2D eigenvalue weighted by Crippen LogP contribution is 2.17. The van der Waals surface area contributed by atoms with Crippen molar-refractivity contribution in [1.82, 2.24) is 0 Å². The van der Waals surface area contributed by atoms with E-state index in [1.165, 1.54) is 0 Å². The molecule has 2 atom stereocenters. The van der Waals surface area contributed by atoms with Gasteiger partial charge in [-0.3, -0.25) is 4.79 Å². The van der Waals surface area contributed by atoms with Crippen molar-refractivity contribution in [2.45, 2.75) is 33.1 Å². The molecule has 14 heavy (non-hydrogen) atoms. The third kappa shape index (κ3) is 6.66. The van der Waals surface area contributed by atoms with Gasteiger partial charge in [-0.05, 0) is 38.1 Å². The molecule has 0 saturated carbocycles. The van der Waals surface area contributed by atoms with Crippen LogP contribution < -0.4 is 5.73 Å². The molecule has 0 saturated heterocycles. The zero-order chi connectivity index (χ0) is 11.0. The number of nitrogens with two attached hydrogens (primary N) is 1. The summed E-state index contributed by atoms with van der Waals surface area (Å²) in [5, 5.41) is 8.63. The normalized spacial score (nSPS) is 15.6. The van der Waals surface area contributed by atoms with E-state index in [1.54, 1.807) is 0 Å². The molecular formula is C11H21NO2. The molecular weight excluding hydrogens is 178 g/mol. The highest BCUT2D eigenvalue weighted by Gasteiger charge is 2.14. The highest BCUT2D eigenvalue weighted by atomic mass is 16.4. The van der Waals surface area contributed by atoms with Crippen molar-refractivity contribution < 1.29 is 9.90 Å². The summed E-state index contributed by atoms with van der Waals surface area (Å²) in [7, 11) is 0. The smallest absolute Gasteiger partial charge is 0.303 e. The Morgan fingerprint density at radius 3 is 2.64 bits per heavy atom. The van der Waals surface area contributed by atoms with E-state index < -0.39 is 5.97 Å². The summed E-state index contributed by atoms with van der Waals surface area (Å²) in [4.78, 5) is 10.5. The molecule has 0 aromatic carbocycles. The minimum absolute atomic E-state index is 0.118. The van der Waals surface area contributed by atoms with Crippen molar-refractivity contribution in [1.29, 1.82) is 0 Å². The van der Waals surface area contributed by atoms with Gasteiger partial charge >= 0.3 is 5.97 Å². The maximum atomic E-state index is 10.5. The van der Waals surface area contributed by atoms with Gasteiger partial charge in [-0.2, -0.15) is 0 Å². The number of hydrogen-bond donors (Lipinski definition) is 2. The molecule has 82 valence electrons. The number of hydrogen-bond acceptors (Lipinski definition) is 2. The van der Waals surface area contributed by atoms with Crippen LogP contribution in [0.15, 0.2) is 12.2 Å². The zero-order valence-corrected chi connectivity index (χ0v) is 9.07. The molecule has 0 fully saturated rings. The average Bonchev–Trinajstić information content (AvgIpc) is 2.12. The molecule has 3 heteroatoms. The minimum Gasteiger partial charge on any atom is -0.481 e. The number of carbonyl (C=O) groups is 1. The van der Waals surface area contributed by atoms with E-state index in [-0.39, 0.29) is 12.3 Å². The second-order valence-electron chi connectivity index (χ2n) is 3.85. The number of allylic oxidation sites excluding steroid dienone is 2. The predicted molar refractivity (Wildman–Crippen MR) is 58.0 cm³/mol. The first-order chi connectivity index (χ1) is 6.60. The fraction of sp³-hybridized carbons (Fsp3) is 0.727. The second-order valence-corrected chi connectivity index (χ2v) is 3.85. The van der Waals surface area contributed by atoms with Crippen LogP contribution in [0.1, 0.15) is 33.1 Å². The molecule has 3 N–H and O–H groups in total. The van der Waals surface area contributed by atoms with Crippen LogP contribution in [-0.4, -0.2) is 17.6 Å². The topological polar surface area (TPSA) is 63.3 Å². The van der Waals surface area contributed by atoms with Gasteiger partial charge in [0.15, 0.2) is 0 Å². The Morgan fingerprint density at radius 2 is 2.21 bits per heavy atom. The van der Waals surface area contributed by atoms with Crippen LogP contribution in [0.2, 0.25) is 0 Å². The maximum absolute atomic E-state index is 10.5. The lowest BCUT2D eigenvalue weighted by molar-refractivity contribution is -0.138. The number of carboxylic acids is 1. The Labute approximate surface area is 86.0 Å². The van der Waals surface area contributed by atoms with Gasteiger partial charge in [-0.15, -0.1) is 0 Å². The van der Waals surface area contributed by atoms with Gasteiger partial charge in [-0.25, -0.2) is 0 Å². The summed E-state index contributed by atoms with van der Waals surface area (Å²) in [6.45, 7) is 4.58. The molecule has 0 heterocycles. The largest absolute Gasteiger partial charge is 0.481 e. The van der Waals surface area contributed by atoms with Crippen LogP contribution in [0, 0.1) is 11.8 Å². The molecule has 0 bridgehead atoms. The first-order valence-corrected chi connectivity index (χ1v) is 5.13. The molecule has 0 aromatic rings. The molecule has 0 amide bonds. The van der Waals surface area contributed by atoms with Crippen molar-refractivity contribution in [3.05, 3.63) is 12.2 Å². The van der Waals surface area contributed by atoms with Crippen LogP contribution in [0.25, 0.3) is 0 Å². The number of carboxylic acid groups (broad SMARTS) is 1. The minimum atomic E-state index is -0.751. The standard InChI is InChI=1S/C11H21NO2/c1-3-4-5-9(2)6-10(8-12)7-11(13)14/h3-4,9-10H,5-8,12H2,1-2H3,(H,13,14). The van der Waals surface area contributed by atoms with Crippen LogP contribution in [-0.2, 0) is 4.79 Å². The van der Waals surface area contributed by atoms with Crippen LogP contribution in [0.3, 0.4) is 0 Å². The van der Waals surface area contributed by atoms with Crippen molar-refractivity contribution in [3.8, 4) is 0 Å². The van der Waals surface area contributed by atoms with Gasteiger partial charge < -0.3 is 10.8 Å².